The smallest absolute Gasteiger partial charge is 0.320 e. The van der Waals surface area contributed by atoms with E-state index in [9.17, 15) is 28.5 Å². The van der Waals surface area contributed by atoms with Crippen LogP contribution >= 0.6 is 0 Å². The molecule has 0 spiro atoms. The van der Waals surface area contributed by atoms with Crippen LogP contribution in [0.3, 0.4) is 0 Å². The van der Waals surface area contributed by atoms with Gasteiger partial charge in [-0.15, -0.1) is 5.10 Å². The lowest BCUT2D eigenvalue weighted by molar-refractivity contribution is -0.384. The number of benzene rings is 2. The van der Waals surface area contributed by atoms with Gasteiger partial charge in [0.05, 0.1) is 12.0 Å². The van der Waals surface area contributed by atoms with E-state index in [0.29, 0.717) is 6.42 Å². The number of nitro groups is 1. The summed E-state index contributed by atoms with van der Waals surface area (Å²) in [7, 11) is 1.36. The highest BCUT2D eigenvalue weighted by Gasteiger charge is 2.27. The van der Waals surface area contributed by atoms with Gasteiger partial charge in [-0.05, 0) is 61.3 Å². The average molecular weight is 515 g/mol. The average Bonchev–Trinajstić information content (AvgIpc) is 3.35. The highest BCUT2D eigenvalue weighted by molar-refractivity contribution is 6.02. The number of ether oxygens (including phenoxy) is 1. The van der Waals surface area contributed by atoms with Crippen molar-refractivity contribution in [3.8, 4) is 0 Å². The van der Waals surface area contributed by atoms with Gasteiger partial charge < -0.3 is 19.8 Å². The summed E-state index contributed by atoms with van der Waals surface area (Å²) in [5.41, 5.74) is 0.547. The maximum atomic E-state index is 13.4. The Labute approximate surface area is 209 Å². The number of carbonyl (C=O) groups excluding carboxylic acids is 2. The van der Waals surface area contributed by atoms with E-state index in [1.54, 1.807) is 6.07 Å². The molecule has 1 aliphatic carbocycles. The number of hydrogen-bond donors (Lipinski definition) is 2. The van der Waals surface area contributed by atoms with Gasteiger partial charge in [-0.1, -0.05) is 11.2 Å². The van der Waals surface area contributed by atoms with Crippen molar-refractivity contribution in [3.05, 3.63) is 69.6 Å². The van der Waals surface area contributed by atoms with Gasteiger partial charge in [-0.2, -0.15) is 0 Å². The molecular weight excluding hydrogens is 492 g/mol. The van der Waals surface area contributed by atoms with Crippen LogP contribution in [0, 0.1) is 27.7 Å². The molecule has 1 amide bonds. The van der Waals surface area contributed by atoms with Crippen LogP contribution in [0.2, 0.25) is 0 Å². The maximum absolute atomic E-state index is 13.4. The van der Waals surface area contributed by atoms with Gasteiger partial charge in [-0.3, -0.25) is 19.7 Å². The number of nitrogens with zero attached hydrogens (tertiary/aromatic N) is 3. The molecule has 4 rings (SSSR count). The van der Waals surface area contributed by atoms with Gasteiger partial charge in [0, 0.05) is 24.2 Å². The lowest BCUT2D eigenvalue weighted by atomic mass is 9.77. The van der Waals surface area contributed by atoms with Crippen molar-refractivity contribution in [3.63, 3.8) is 0 Å². The zero-order chi connectivity index (χ0) is 26.5. The molecule has 0 unspecified atom stereocenters. The predicted octanol–water partition coefficient (Wildman–Crippen LogP) is 5.09. The molecule has 0 aliphatic heterocycles. The molecule has 1 fully saturated rings. The number of carbonyl (C=O) groups is 2. The molecule has 3 aromatic rings. The van der Waals surface area contributed by atoms with Crippen molar-refractivity contribution < 1.29 is 32.4 Å². The fourth-order valence-corrected chi connectivity index (χ4v) is 4.32. The van der Waals surface area contributed by atoms with Gasteiger partial charge in [0.2, 0.25) is 0 Å². The minimum absolute atomic E-state index is 0.0496. The van der Waals surface area contributed by atoms with E-state index in [0.717, 1.165) is 43.4 Å². The summed E-state index contributed by atoms with van der Waals surface area (Å²) in [5.74, 6) is -3.42. The maximum Gasteiger partial charge on any atom is 0.320 e. The van der Waals surface area contributed by atoms with Gasteiger partial charge >= 0.3 is 23.8 Å². The van der Waals surface area contributed by atoms with E-state index in [4.69, 9.17) is 9.15 Å². The number of aromatic nitrogens is 2. The third kappa shape index (κ3) is 6.23. The van der Waals surface area contributed by atoms with Crippen LogP contribution < -0.4 is 10.6 Å². The van der Waals surface area contributed by atoms with E-state index in [2.05, 4.69) is 20.8 Å². The number of methoxy groups -OCH3 is 1. The van der Waals surface area contributed by atoms with E-state index in [1.807, 2.05) is 0 Å². The molecule has 2 N–H and O–H groups in total. The summed E-state index contributed by atoms with van der Waals surface area (Å²) in [5, 5.41) is 23.9. The molecule has 0 saturated heterocycles. The topological polar surface area (TPSA) is 149 Å². The zero-order valence-corrected chi connectivity index (χ0v) is 19.7. The summed E-state index contributed by atoms with van der Waals surface area (Å²) in [6.07, 6.45) is 3.54. The summed E-state index contributed by atoms with van der Waals surface area (Å²) < 4.78 is 36.4. The van der Waals surface area contributed by atoms with E-state index >= 15 is 0 Å². The Bertz CT molecular complexity index is 1320. The fraction of sp³-hybridized carbons (Fsp3) is 0.333. The highest BCUT2D eigenvalue weighted by atomic mass is 19.2. The van der Waals surface area contributed by atoms with Gasteiger partial charge in [-0.25, -0.2) is 8.78 Å². The van der Waals surface area contributed by atoms with Crippen LogP contribution in [-0.4, -0.2) is 34.1 Å². The van der Waals surface area contributed by atoms with Gasteiger partial charge in [0.25, 0.3) is 5.69 Å². The van der Waals surface area contributed by atoms with E-state index in [-0.39, 0.29) is 40.9 Å². The molecule has 0 bridgehead atoms. The summed E-state index contributed by atoms with van der Waals surface area (Å²) in [6, 6.07) is 7.35. The third-order valence-electron chi connectivity index (χ3n) is 6.26. The molecule has 1 aromatic heterocycles. The molecule has 1 saturated carbocycles. The van der Waals surface area contributed by atoms with Crippen LogP contribution in [0.25, 0.3) is 0 Å². The van der Waals surface area contributed by atoms with Crippen molar-refractivity contribution >= 4 is 35.0 Å². The molecule has 37 heavy (non-hydrogen) atoms. The highest BCUT2D eigenvalue weighted by Crippen LogP contribution is 2.39. The summed E-state index contributed by atoms with van der Waals surface area (Å²) in [6.45, 7) is 0. The Hall–Kier alpha value is -4.42. The third-order valence-corrected chi connectivity index (χ3v) is 6.26. The number of rotatable bonds is 8. The fourth-order valence-electron chi connectivity index (χ4n) is 4.32. The van der Waals surface area contributed by atoms with Gasteiger partial charge in [0.15, 0.2) is 11.6 Å². The first-order valence-electron chi connectivity index (χ1n) is 11.5. The number of nitrogens with one attached hydrogen (secondary N) is 2. The van der Waals surface area contributed by atoms with Crippen molar-refractivity contribution in [2.45, 2.75) is 38.0 Å². The lowest BCUT2D eigenvalue weighted by Gasteiger charge is -2.28. The molecular formula is C24H23F2N5O6. The standard InChI is InChI=1S/C24H23F2N5O6/c1-36-21(32)10-13-2-4-14(5-3-13)15-6-9-19(20(11-15)31(34)35)28-22(33)23-29-30-24(37-23)27-16-7-8-17(25)18(26)12-16/h6-9,11-14H,2-5,10H2,1H3,(H,27,30)(H,28,33). The van der Waals surface area contributed by atoms with E-state index < -0.39 is 28.4 Å². The first-order chi connectivity index (χ1) is 17.7. The van der Waals surface area contributed by atoms with E-state index in [1.165, 1.54) is 25.3 Å². The number of nitro benzene ring substituents is 1. The Balaban J connectivity index is 1.42. The number of esters is 1. The largest absolute Gasteiger partial charge is 0.469 e. The quantitative estimate of drug-likeness (QED) is 0.238. The Morgan fingerprint density at radius 3 is 2.54 bits per heavy atom. The van der Waals surface area contributed by atoms with Crippen LogP contribution in [0.15, 0.2) is 40.8 Å². The molecule has 1 aliphatic rings. The number of hydrogen-bond acceptors (Lipinski definition) is 9. The second-order valence-corrected chi connectivity index (χ2v) is 8.65. The van der Waals surface area contributed by atoms with Crippen LogP contribution in [-0.2, 0) is 9.53 Å². The molecule has 1 heterocycles. The zero-order valence-electron chi connectivity index (χ0n) is 19.7. The summed E-state index contributed by atoms with van der Waals surface area (Å²) >= 11 is 0. The Morgan fingerprint density at radius 2 is 1.86 bits per heavy atom. The minimum Gasteiger partial charge on any atom is -0.469 e. The Morgan fingerprint density at radius 1 is 1.11 bits per heavy atom. The van der Waals surface area contributed by atoms with Crippen molar-refractivity contribution in [2.24, 2.45) is 5.92 Å². The predicted molar refractivity (Wildman–Crippen MR) is 126 cm³/mol. The van der Waals surface area contributed by atoms with Crippen molar-refractivity contribution in [1.82, 2.24) is 10.2 Å². The molecule has 13 heteroatoms. The second kappa shape index (κ2) is 11.1. The van der Waals surface area contributed by atoms with Gasteiger partial charge in [0.1, 0.15) is 5.69 Å². The van der Waals surface area contributed by atoms with Crippen LogP contribution in [0.1, 0.15) is 54.3 Å². The number of amides is 1. The first kappa shape index (κ1) is 25.7. The lowest BCUT2D eigenvalue weighted by Crippen LogP contribution is -2.17. The number of anilines is 3. The second-order valence-electron chi connectivity index (χ2n) is 8.65. The first-order valence-corrected chi connectivity index (χ1v) is 11.5. The Kier molecular flexibility index (Phi) is 7.70. The molecule has 11 nitrogen and oxygen atoms in total. The minimum atomic E-state index is -1.09. The SMILES string of the molecule is COC(=O)CC1CCC(c2ccc(NC(=O)c3nnc(Nc4ccc(F)c(F)c4)o3)c([N+](=O)[O-])c2)CC1. The summed E-state index contributed by atoms with van der Waals surface area (Å²) in [4.78, 5) is 35.2. The number of halogens is 2. The normalized spacial score (nSPS) is 17.2. The van der Waals surface area contributed by atoms with Crippen LogP contribution in [0.4, 0.5) is 31.9 Å². The molecule has 0 atom stereocenters. The molecule has 0 radical (unpaired) electrons. The van der Waals surface area contributed by atoms with Crippen LogP contribution in [0.5, 0.6) is 0 Å². The monoisotopic (exact) mass is 515 g/mol. The van der Waals surface area contributed by atoms with Crippen molar-refractivity contribution in [2.75, 3.05) is 17.7 Å². The molecule has 2 aromatic carbocycles. The molecule has 194 valence electrons. The van der Waals surface area contributed by atoms with Crippen molar-refractivity contribution in [1.29, 1.82) is 0 Å².